The van der Waals surface area contributed by atoms with Crippen LogP contribution in [0.2, 0.25) is 0 Å². The van der Waals surface area contributed by atoms with Crippen molar-refractivity contribution in [3.05, 3.63) is 57.8 Å². The maximum absolute atomic E-state index is 13.4. The molecule has 2 rings (SSSR count). The third-order valence-corrected chi connectivity index (χ3v) is 3.48. The molecule has 0 unspecified atom stereocenters. The van der Waals surface area contributed by atoms with Crippen molar-refractivity contribution in [1.82, 2.24) is 0 Å². The molecule has 2 aromatic rings. The second kappa shape index (κ2) is 5.42. The van der Waals surface area contributed by atoms with Gasteiger partial charge in [0.1, 0.15) is 5.82 Å². The van der Waals surface area contributed by atoms with Gasteiger partial charge in [-0.2, -0.15) is 0 Å². The molecule has 6 heteroatoms. The normalized spacial score (nSPS) is 10.3. The fraction of sp³-hybridized carbons (Fsp3) is 0. The van der Waals surface area contributed by atoms with Crippen LogP contribution < -0.4 is 11.5 Å². The van der Waals surface area contributed by atoms with Crippen LogP contribution in [-0.2, 0) is 0 Å². The SMILES string of the molecule is NC(=O)c1cccc(C(N)=O)c1-c1cc(F)ccc1Br. The van der Waals surface area contributed by atoms with Gasteiger partial charge in [0, 0.05) is 26.7 Å². The van der Waals surface area contributed by atoms with E-state index in [1.807, 2.05) is 0 Å². The predicted octanol–water partition coefficient (Wildman–Crippen LogP) is 2.45. The zero-order valence-electron chi connectivity index (χ0n) is 10.2. The Morgan fingerprint density at radius 2 is 1.55 bits per heavy atom. The molecule has 0 aliphatic heterocycles. The Hall–Kier alpha value is -2.21. The molecule has 0 saturated carbocycles. The Morgan fingerprint density at radius 1 is 1.00 bits per heavy atom. The third kappa shape index (κ3) is 2.55. The van der Waals surface area contributed by atoms with E-state index in [1.54, 1.807) is 0 Å². The molecule has 4 nitrogen and oxygen atoms in total. The first-order chi connectivity index (χ1) is 9.41. The van der Waals surface area contributed by atoms with Gasteiger partial charge in [-0.25, -0.2) is 4.39 Å². The van der Waals surface area contributed by atoms with Crippen molar-refractivity contribution in [2.75, 3.05) is 0 Å². The van der Waals surface area contributed by atoms with Crippen molar-refractivity contribution >= 4 is 27.7 Å². The highest BCUT2D eigenvalue weighted by Gasteiger charge is 2.19. The zero-order chi connectivity index (χ0) is 14.9. The number of nitrogens with two attached hydrogens (primary N) is 2. The summed E-state index contributed by atoms with van der Waals surface area (Å²) in [4.78, 5) is 23.1. The highest BCUT2D eigenvalue weighted by Crippen LogP contribution is 2.34. The number of carbonyl (C=O) groups excluding carboxylic acids is 2. The van der Waals surface area contributed by atoms with Gasteiger partial charge in [-0.05, 0) is 30.3 Å². The molecule has 0 aromatic heterocycles. The summed E-state index contributed by atoms with van der Waals surface area (Å²) in [6.45, 7) is 0. The summed E-state index contributed by atoms with van der Waals surface area (Å²) >= 11 is 3.26. The minimum absolute atomic E-state index is 0.104. The molecule has 2 amide bonds. The van der Waals surface area contributed by atoms with Crippen LogP contribution in [0.5, 0.6) is 0 Å². The van der Waals surface area contributed by atoms with Crippen LogP contribution in [0.3, 0.4) is 0 Å². The van der Waals surface area contributed by atoms with Gasteiger partial charge in [-0.1, -0.05) is 22.0 Å². The summed E-state index contributed by atoms with van der Waals surface area (Å²) in [5.74, 6) is -1.95. The van der Waals surface area contributed by atoms with E-state index < -0.39 is 17.6 Å². The largest absolute Gasteiger partial charge is 0.366 e. The minimum atomic E-state index is -0.723. The highest BCUT2D eigenvalue weighted by molar-refractivity contribution is 9.10. The minimum Gasteiger partial charge on any atom is -0.366 e. The lowest BCUT2D eigenvalue weighted by atomic mass is 9.93. The van der Waals surface area contributed by atoms with Gasteiger partial charge in [0.15, 0.2) is 0 Å². The second-order valence-corrected chi connectivity index (χ2v) is 4.94. The number of primary amides is 2. The van der Waals surface area contributed by atoms with E-state index in [0.29, 0.717) is 10.0 Å². The topological polar surface area (TPSA) is 86.2 Å². The van der Waals surface area contributed by atoms with Crippen LogP contribution in [0.4, 0.5) is 4.39 Å². The Bertz CT molecular complexity index is 684. The average Bonchev–Trinajstić information content (AvgIpc) is 2.40. The zero-order valence-corrected chi connectivity index (χ0v) is 11.8. The van der Waals surface area contributed by atoms with Crippen LogP contribution in [-0.4, -0.2) is 11.8 Å². The lowest BCUT2D eigenvalue weighted by molar-refractivity contribution is 0.0999. The third-order valence-electron chi connectivity index (χ3n) is 2.79. The van der Waals surface area contributed by atoms with E-state index in [2.05, 4.69) is 15.9 Å². The molecule has 0 spiro atoms. The van der Waals surface area contributed by atoms with Crippen molar-refractivity contribution in [2.24, 2.45) is 11.5 Å². The van der Waals surface area contributed by atoms with Crippen LogP contribution in [0.15, 0.2) is 40.9 Å². The van der Waals surface area contributed by atoms with Crippen molar-refractivity contribution < 1.29 is 14.0 Å². The molecule has 0 fully saturated rings. The number of rotatable bonds is 3. The maximum Gasteiger partial charge on any atom is 0.249 e. The standard InChI is InChI=1S/C14H10BrFN2O2/c15-11-5-4-7(16)6-10(11)12-8(13(17)19)2-1-3-9(12)14(18)20/h1-6H,(H2,17,19)(H2,18,20). The quantitative estimate of drug-likeness (QED) is 0.901. The molecular weight excluding hydrogens is 327 g/mol. The smallest absolute Gasteiger partial charge is 0.249 e. The number of amides is 2. The summed E-state index contributed by atoms with van der Waals surface area (Å²) in [6.07, 6.45) is 0. The van der Waals surface area contributed by atoms with Gasteiger partial charge >= 0.3 is 0 Å². The monoisotopic (exact) mass is 336 g/mol. The van der Waals surface area contributed by atoms with Gasteiger partial charge in [-0.15, -0.1) is 0 Å². The molecule has 0 aliphatic carbocycles. The van der Waals surface area contributed by atoms with Gasteiger partial charge < -0.3 is 11.5 Å². The Kier molecular flexibility index (Phi) is 3.85. The van der Waals surface area contributed by atoms with E-state index in [9.17, 15) is 14.0 Å². The summed E-state index contributed by atoms with van der Waals surface area (Å²) in [6, 6.07) is 8.36. The van der Waals surface area contributed by atoms with Crippen molar-refractivity contribution in [3.63, 3.8) is 0 Å². The second-order valence-electron chi connectivity index (χ2n) is 4.08. The highest BCUT2D eigenvalue weighted by atomic mass is 79.9. The van der Waals surface area contributed by atoms with Crippen molar-refractivity contribution in [1.29, 1.82) is 0 Å². The number of hydrogen-bond donors (Lipinski definition) is 2. The molecular formula is C14H10BrFN2O2. The lowest BCUT2D eigenvalue weighted by Gasteiger charge is -2.13. The fourth-order valence-electron chi connectivity index (χ4n) is 1.94. The Morgan fingerprint density at radius 3 is 2.05 bits per heavy atom. The van der Waals surface area contributed by atoms with Gasteiger partial charge in [0.2, 0.25) is 11.8 Å². The molecule has 0 saturated heterocycles. The average molecular weight is 337 g/mol. The van der Waals surface area contributed by atoms with Crippen LogP contribution in [0.25, 0.3) is 11.1 Å². The first-order valence-corrected chi connectivity index (χ1v) is 6.39. The lowest BCUT2D eigenvalue weighted by Crippen LogP contribution is -2.18. The molecule has 4 N–H and O–H groups in total. The number of hydrogen-bond acceptors (Lipinski definition) is 2. The molecule has 0 heterocycles. The summed E-state index contributed by atoms with van der Waals surface area (Å²) in [7, 11) is 0. The molecule has 20 heavy (non-hydrogen) atoms. The summed E-state index contributed by atoms with van der Waals surface area (Å²) < 4.78 is 14.0. The Balaban J connectivity index is 2.86. The fourth-order valence-corrected chi connectivity index (χ4v) is 2.39. The van der Waals surface area contributed by atoms with Gasteiger partial charge in [0.25, 0.3) is 0 Å². The Labute approximate surface area is 122 Å². The number of benzene rings is 2. The number of halogens is 2. The number of carbonyl (C=O) groups is 2. The van der Waals surface area contributed by atoms with Crippen LogP contribution in [0.1, 0.15) is 20.7 Å². The van der Waals surface area contributed by atoms with E-state index in [-0.39, 0.29) is 16.7 Å². The molecule has 0 atom stereocenters. The first-order valence-electron chi connectivity index (χ1n) is 5.60. The van der Waals surface area contributed by atoms with Crippen molar-refractivity contribution in [2.45, 2.75) is 0 Å². The van der Waals surface area contributed by atoms with E-state index in [1.165, 1.54) is 36.4 Å². The van der Waals surface area contributed by atoms with E-state index in [4.69, 9.17) is 11.5 Å². The van der Waals surface area contributed by atoms with Crippen LogP contribution in [0, 0.1) is 5.82 Å². The molecule has 0 radical (unpaired) electrons. The summed E-state index contributed by atoms with van der Waals surface area (Å²) in [5.41, 5.74) is 11.4. The predicted molar refractivity (Wildman–Crippen MR) is 76.6 cm³/mol. The molecule has 0 bridgehead atoms. The molecule has 0 aliphatic rings. The molecule has 2 aromatic carbocycles. The maximum atomic E-state index is 13.4. The summed E-state index contributed by atoms with van der Waals surface area (Å²) in [5, 5.41) is 0. The van der Waals surface area contributed by atoms with Gasteiger partial charge in [0.05, 0.1) is 0 Å². The van der Waals surface area contributed by atoms with E-state index in [0.717, 1.165) is 0 Å². The first kappa shape index (κ1) is 14.2. The van der Waals surface area contributed by atoms with Crippen LogP contribution >= 0.6 is 15.9 Å². The van der Waals surface area contributed by atoms with Crippen molar-refractivity contribution in [3.8, 4) is 11.1 Å². The van der Waals surface area contributed by atoms with Gasteiger partial charge in [-0.3, -0.25) is 9.59 Å². The molecule has 102 valence electrons. The van der Waals surface area contributed by atoms with E-state index >= 15 is 0 Å².